The number of fused-ring (bicyclic) bond motifs is 1. The third kappa shape index (κ3) is 3.92. The highest BCUT2D eigenvalue weighted by Crippen LogP contribution is 2.32. The maximum Gasteiger partial charge on any atom is 0.252 e. The Labute approximate surface area is 167 Å². The van der Waals surface area contributed by atoms with Crippen LogP contribution in [0.2, 0.25) is 0 Å². The van der Waals surface area contributed by atoms with Gasteiger partial charge in [-0.1, -0.05) is 30.0 Å². The maximum absolute atomic E-state index is 12.1. The molecule has 0 unspecified atom stereocenters. The Morgan fingerprint density at radius 3 is 2.93 bits per heavy atom. The molecular weight excluding hydrogens is 368 g/mol. The molecule has 2 heterocycles. The molecule has 0 bridgehead atoms. The van der Waals surface area contributed by atoms with E-state index in [4.69, 9.17) is 0 Å². The van der Waals surface area contributed by atoms with Gasteiger partial charge in [0.2, 0.25) is 0 Å². The predicted octanol–water partition coefficient (Wildman–Crippen LogP) is 4.84. The molecule has 6 heteroatoms. The monoisotopic (exact) mass is 388 g/mol. The first kappa shape index (κ1) is 18.3. The van der Waals surface area contributed by atoms with E-state index in [-0.39, 0.29) is 5.91 Å². The highest BCUT2D eigenvalue weighted by Gasteiger charge is 2.11. The summed E-state index contributed by atoms with van der Waals surface area (Å²) in [5.41, 5.74) is 3.60. The number of hydrogen-bond donors (Lipinski definition) is 2. The molecule has 0 spiro atoms. The van der Waals surface area contributed by atoms with Gasteiger partial charge in [-0.15, -0.1) is 0 Å². The van der Waals surface area contributed by atoms with Gasteiger partial charge in [-0.05, 0) is 55.3 Å². The summed E-state index contributed by atoms with van der Waals surface area (Å²) >= 11 is 1.56. The fourth-order valence-electron chi connectivity index (χ4n) is 3.04. The van der Waals surface area contributed by atoms with Crippen molar-refractivity contribution in [2.24, 2.45) is 4.99 Å². The summed E-state index contributed by atoms with van der Waals surface area (Å²) < 4.78 is 0. The van der Waals surface area contributed by atoms with Crippen molar-refractivity contribution in [2.75, 3.05) is 7.05 Å². The van der Waals surface area contributed by atoms with Gasteiger partial charge in [0.25, 0.3) is 5.91 Å². The number of aliphatic imine (C=N–C) groups is 1. The minimum Gasteiger partial charge on any atom is -0.355 e. The molecule has 0 saturated carbocycles. The quantitative estimate of drug-likeness (QED) is 0.657. The summed E-state index contributed by atoms with van der Waals surface area (Å²) in [4.78, 5) is 18.4. The number of aromatic amines is 1. The van der Waals surface area contributed by atoms with E-state index in [1.54, 1.807) is 18.8 Å². The summed E-state index contributed by atoms with van der Waals surface area (Å²) in [5.74, 6) is -0.0846. The lowest BCUT2D eigenvalue weighted by molar-refractivity contribution is 0.0960. The van der Waals surface area contributed by atoms with Gasteiger partial charge in [0.15, 0.2) is 0 Å². The number of nitrogens with one attached hydrogen (secondary N) is 2. The molecule has 0 atom stereocenters. The van der Waals surface area contributed by atoms with Crippen LogP contribution in [0.4, 0.5) is 0 Å². The first-order valence-electron chi connectivity index (χ1n) is 9.11. The first-order chi connectivity index (χ1) is 13.7. The Bertz CT molecular complexity index is 1110. The molecule has 3 aromatic rings. The number of aromatic nitrogens is 2. The molecule has 0 aliphatic carbocycles. The van der Waals surface area contributed by atoms with Gasteiger partial charge in [-0.25, -0.2) is 0 Å². The largest absolute Gasteiger partial charge is 0.355 e. The predicted molar refractivity (Wildman–Crippen MR) is 115 cm³/mol. The second-order valence-electron chi connectivity index (χ2n) is 6.37. The lowest BCUT2D eigenvalue weighted by Gasteiger charge is -2.08. The molecule has 0 radical (unpaired) electrons. The van der Waals surface area contributed by atoms with Gasteiger partial charge in [0, 0.05) is 34.1 Å². The van der Waals surface area contributed by atoms with E-state index in [0.717, 1.165) is 44.9 Å². The van der Waals surface area contributed by atoms with Gasteiger partial charge in [0.05, 0.1) is 16.8 Å². The third-order valence-electron chi connectivity index (χ3n) is 4.50. The number of carbonyl (C=O) groups is 1. The maximum atomic E-state index is 12.1. The highest BCUT2D eigenvalue weighted by molar-refractivity contribution is 7.99. The molecule has 5 nitrogen and oxygen atoms in total. The van der Waals surface area contributed by atoms with E-state index in [1.807, 2.05) is 42.6 Å². The molecule has 0 fully saturated rings. The van der Waals surface area contributed by atoms with Crippen molar-refractivity contribution in [1.82, 2.24) is 15.5 Å². The number of H-pyrrole nitrogens is 1. The fourth-order valence-corrected chi connectivity index (χ4v) is 4.02. The zero-order valence-electron chi connectivity index (χ0n) is 15.5. The van der Waals surface area contributed by atoms with Crippen LogP contribution < -0.4 is 5.32 Å². The van der Waals surface area contributed by atoms with Crippen LogP contribution in [0, 0.1) is 0 Å². The molecular formula is C22H20N4OS. The van der Waals surface area contributed by atoms with Crippen LogP contribution in [0.5, 0.6) is 0 Å². The molecule has 4 rings (SSSR count). The van der Waals surface area contributed by atoms with Crippen molar-refractivity contribution in [2.45, 2.75) is 22.6 Å². The van der Waals surface area contributed by atoms with Gasteiger partial charge >= 0.3 is 0 Å². The third-order valence-corrected chi connectivity index (χ3v) is 5.56. The van der Waals surface area contributed by atoms with E-state index >= 15 is 0 Å². The zero-order chi connectivity index (χ0) is 19.3. The molecule has 1 amide bonds. The smallest absolute Gasteiger partial charge is 0.252 e. The zero-order valence-corrected chi connectivity index (χ0v) is 16.3. The van der Waals surface area contributed by atoms with Crippen LogP contribution in [0.15, 0.2) is 75.6 Å². The lowest BCUT2D eigenvalue weighted by Crippen LogP contribution is -2.18. The number of nitrogens with zero attached hydrogens (tertiary/aromatic N) is 2. The van der Waals surface area contributed by atoms with Crippen molar-refractivity contribution in [3.05, 3.63) is 72.1 Å². The van der Waals surface area contributed by atoms with Crippen LogP contribution in [-0.4, -0.2) is 28.9 Å². The summed E-state index contributed by atoms with van der Waals surface area (Å²) in [5, 5.41) is 11.3. The number of benzene rings is 2. The second-order valence-corrected chi connectivity index (χ2v) is 7.49. The van der Waals surface area contributed by atoms with Gasteiger partial charge < -0.3 is 5.32 Å². The average molecular weight is 388 g/mol. The number of amides is 1. The van der Waals surface area contributed by atoms with Gasteiger partial charge in [0.1, 0.15) is 0 Å². The summed E-state index contributed by atoms with van der Waals surface area (Å²) in [6.07, 6.45) is 9.95. The molecule has 28 heavy (non-hydrogen) atoms. The van der Waals surface area contributed by atoms with Crippen molar-refractivity contribution >= 4 is 40.4 Å². The Kier molecular flexibility index (Phi) is 5.39. The highest BCUT2D eigenvalue weighted by atomic mass is 32.2. The topological polar surface area (TPSA) is 70.1 Å². The van der Waals surface area contributed by atoms with Crippen molar-refractivity contribution in [3.8, 4) is 0 Å². The summed E-state index contributed by atoms with van der Waals surface area (Å²) in [6, 6.07) is 13.8. The number of allylic oxidation sites excluding steroid dienone is 2. The van der Waals surface area contributed by atoms with E-state index in [1.165, 1.54) is 0 Å². The molecule has 2 N–H and O–H groups in total. The summed E-state index contributed by atoms with van der Waals surface area (Å²) in [6.45, 7) is 0. The Hall–Kier alpha value is -3.12. The minimum atomic E-state index is -0.0846. The van der Waals surface area contributed by atoms with Gasteiger partial charge in [-0.2, -0.15) is 5.10 Å². The van der Waals surface area contributed by atoms with Crippen LogP contribution in [0.1, 0.15) is 28.9 Å². The van der Waals surface area contributed by atoms with E-state index in [9.17, 15) is 4.79 Å². The average Bonchev–Trinajstić information content (AvgIpc) is 3.15. The SMILES string of the molecule is CNC(=O)c1ccccc1Sc1ccc2c(/C=C/C3=NC=CCC3)n[nH]c2c1. The van der Waals surface area contributed by atoms with E-state index < -0.39 is 0 Å². The van der Waals surface area contributed by atoms with Crippen molar-refractivity contribution in [1.29, 1.82) is 0 Å². The molecule has 0 saturated heterocycles. The van der Waals surface area contributed by atoms with E-state index in [2.05, 4.69) is 44.8 Å². The number of carbonyl (C=O) groups excluding carboxylic acids is 1. The minimum absolute atomic E-state index is 0.0846. The normalized spacial score (nSPS) is 13.8. The van der Waals surface area contributed by atoms with Crippen LogP contribution in [0.3, 0.4) is 0 Å². The van der Waals surface area contributed by atoms with Crippen molar-refractivity contribution < 1.29 is 4.79 Å². The molecule has 1 aliphatic rings. The fraction of sp³-hybridized carbons (Fsp3) is 0.136. The van der Waals surface area contributed by atoms with Crippen LogP contribution >= 0.6 is 11.8 Å². The van der Waals surface area contributed by atoms with Crippen LogP contribution in [0.25, 0.3) is 17.0 Å². The molecule has 1 aliphatic heterocycles. The standard InChI is InChI=1S/C22H20N4OS/c1-23-22(27)18-7-2-3-8-21(18)28-16-10-11-17-19(25-26-20(17)14-16)12-9-15-6-4-5-13-24-15/h2-3,5,7-14H,4,6H2,1H3,(H,23,27)(H,25,26)/b12-9+. The second kappa shape index (κ2) is 8.27. The first-order valence-corrected chi connectivity index (χ1v) is 9.93. The van der Waals surface area contributed by atoms with Crippen molar-refractivity contribution in [3.63, 3.8) is 0 Å². The Balaban J connectivity index is 1.58. The molecule has 140 valence electrons. The molecule has 2 aromatic carbocycles. The lowest BCUT2D eigenvalue weighted by atomic mass is 10.1. The van der Waals surface area contributed by atoms with Gasteiger partial charge in [-0.3, -0.25) is 14.9 Å². The summed E-state index contributed by atoms with van der Waals surface area (Å²) in [7, 11) is 1.64. The Morgan fingerprint density at radius 2 is 2.11 bits per heavy atom. The number of rotatable bonds is 5. The van der Waals surface area contributed by atoms with Crippen LogP contribution in [-0.2, 0) is 0 Å². The van der Waals surface area contributed by atoms with E-state index in [0.29, 0.717) is 5.56 Å². The molecule has 1 aromatic heterocycles. The number of hydrogen-bond acceptors (Lipinski definition) is 4. The Morgan fingerprint density at radius 1 is 1.21 bits per heavy atom.